The van der Waals surface area contributed by atoms with Crippen LogP contribution in [0.2, 0.25) is 5.02 Å². The zero-order valence-corrected chi connectivity index (χ0v) is 20.2. The van der Waals surface area contributed by atoms with Gasteiger partial charge in [-0.15, -0.1) is 0 Å². The summed E-state index contributed by atoms with van der Waals surface area (Å²) in [5.41, 5.74) is 4.95. The second kappa shape index (κ2) is 10.7. The second-order valence-electron chi connectivity index (χ2n) is 8.45. The molecule has 158 valence electrons. The summed E-state index contributed by atoms with van der Waals surface area (Å²) < 4.78 is 0.905. The molecule has 2 aromatic rings. The van der Waals surface area contributed by atoms with E-state index in [1.54, 1.807) is 0 Å². The minimum atomic E-state index is 0. The number of nitrogens with zero attached hydrogens (tertiary/aromatic N) is 1. The molecule has 0 aliphatic carbocycles. The number of halogens is 2. The molecule has 0 bridgehead atoms. The first-order valence-electron chi connectivity index (χ1n) is 10.6. The van der Waals surface area contributed by atoms with Crippen molar-refractivity contribution in [1.82, 2.24) is 0 Å². The van der Waals surface area contributed by atoms with Crippen molar-refractivity contribution in [1.29, 1.82) is 0 Å². The molecule has 2 aromatic carbocycles. The second-order valence-corrected chi connectivity index (χ2v) is 8.88. The van der Waals surface area contributed by atoms with Gasteiger partial charge in [-0.05, 0) is 61.9 Å². The van der Waals surface area contributed by atoms with Crippen molar-refractivity contribution in [2.24, 2.45) is 0 Å². The maximum Gasteiger partial charge on any atom is 0.194 e. The summed E-state index contributed by atoms with van der Waals surface area (Å²) in [6.45, 7) is 9.54. The Hall–Kier alpha value is -1.16. The minimum absolute atomic E-state index is 0. The Bertz CT molecular complexity index is 792. The van der Waals surface area contributed by atoms with Crippen molar-refractivity contribution in [3.8, 4) is 0 Å². The van der Waals surface area contributed by atoms with Crippen molar-refractivity contribution < 1.29 is 26.3 Å². The molecule has 29 heavy (non-hydrogen) atoms. The number of benzene rings is 2. The predicted octanol–water partition coefficient (Wildman–Crippen LogP) is 3.05. The van der Waals surface area contributed by atoms with Gasteiger partial charge >= 0.3 is 0 Å². The molecule has 3 rings (SSSR count). The van der Waals surface area contributed by atoms with Crippen LogP contribution in [0.5, 0.6) is 0 Å². The van der Waals surface area contributed by atoms with Gasteiger partial charge in [0.15, 0.2) is 5.78 Å². The van der Waals surface area contributed by atoms with Crippen molar-refractivity contribution in [3.05, 3.63) is 69.7 Å². The summed E-state index contributed by atoms with van der Waals surface area (Å²) in [4.78, 5) is 13.6. The molecule has 0 saturated carbocycles. The molecule has 1 fully saturated rings. The average molecular weight is 479 g/mol. The topological polar surface area (TPSA) is 17.1 Å². The predicted molar refractivity (Wildman–Crippen MR) is 118 cm³/mol. The largest absolute Gasteiger partial charge is 1.00 e. The van der Waals surface area contributed by atoms with Crippen molar-refractivity contribution >= 4 is 17.4 Å². The fraction of sp³-hybridized carbons (Fsp3) is 0.480. The monoisotopic (exact) mass is 477 g/mol. The van der Waals surface area contributed by atoms with Gasteiger partial charge in [-0.2, -0.15) is 0 Å². The molecule has 2 nitrogen and oxygen atoms in total. The molecule has 0 aromatic heterocycles. The molecule has 1 unspecified atom stereocenters. The third-order valence-corrected chi connectivity index (χ3v) is 6.78. The van der Waals surface area contributed by atoms with Gasteiger partial charge in [0.2, 0.25) is 0 Å². The van der Waals surface area contributed by atoms with Crippen LogP contribution < -0.4 is 17.0 Å². The van der Waals surface area contributed by atoms with E-state index < -0.39 is 0 Å². The van der Waals surface area contributed by atoms with Crippen LogP contribution in [0.25, 0.3) is 0 Å². The van der Waals surface area contributed by atoms with Gasteiger partial charge in [0, 0.05) is 23.4 Å². The number of hydrogen-bond donors (Lipinski definition) is 0. The number of aryl methyl sites for hydroxylation is 2. The fourth-order valence-corrected chi connectivity index (χ4v) is 5.14. The molecule has 1 atom stereocenters. The Morgan fingerprint density at radius 2 is 1.59 bits per heavy atom. The van der Waals surface area contributed by atoms with Crippen LogP contribution in [-0.2, 0) is 17.8 Å². The highest BCUT2D eigenvalue weighted by Gasteiger charge is 2.41. The van der Waals surface area contributed by atoms with E-state index in [1.807, 2.05) is 12.1 Å². The molecule has 1 aliphatic heterocycles. The van der Waals surface area contributed by atoms with Gasteiger partial charge in [-0.1, -0.05) is 48.9 Å². The number of hydrogen-bond acceptors (Lipinski definition) is 1. The molecule has 0 radical (unpaired) electrons. The number of rotatable bonds is 7. The van der Waals surface area contributed by atoms with Crippen LogP contribution in [0, 0.1) is 13.8 Å². The molecule has 0 N–H and O–H groups in total. The molecule has 1 aliphatic rings. The summed E-state index contributed by atoms with van der Waals surface area (Å²) in [6.07, 6.45) is 5.15. The van der Waals surface area contributed by atoms with Crippen LogP contribution in [0.15, 0.2) is 42.5 Å². The van der Waals surface area contributed by atoms with E-state index in [-0.39, 0.29) is 23.0 Å². The molecule has 0 spiro atoms. The third-order valence-electron chi connectivity index (χ3n) is 6.53. The van der Waals surface area contributed by atoms with Crippen molar-refractivity contribution in [2.75, 3.05) is 13.1 Å². The molecular formula is C25H33BrClNO. The SMILES string of the molecule is CCC(C(=O)Cc1c(C)cccc1C)[N+]1(Cc2ccc(Cl)cc2)CCCCC1.[Br-]. The number of Topliss-reactive ketones (excluding diaryl/α,β-unsaturated/α-hetero) is 1. The molecule has 0 amide bonds. The average Bonchev–Trinajstić information content (AvgIpc) is 2.68. The van der Waals surface area contributed by atoms with Crippen LogP contribution in [0.1, 0.15) is 54.9 Å². The van der Waals surface area contributed by atoms with Gasteiger partial charge in [-0.25, -0.2) is 0 Å². The van der Waals surface area contributed by atoms with E-state index in [0.29, 0.717) is 12.2 Å². The van der Waals surface area contributed by atoms with Gasteiger partial charge in [0.05, 0.1) is 13.1 Å². The van der Waals surface area contributed by atoms with Crippen molar-refractivity contribution in [2.45, 2.75) is 65.5 Å². The number of carbonyl (C=O) groups is 1. The maximum absolute atomic E-state index is 13.6. The van der Waals surface area contributed by atoms with Crippen LogP contribution >= 0.6 is 11.6 Å². The van der Waals surface area contributed by atoms with Crippen LogP contribution in [-0.4, -0.2) is 29.4 Å². The Kier molecular flexibility index (Phi) is 8.93. The quantitative estimate of drug-likeness (QED) is 0.559. The van der Waals surface area contributed by atoms with E-state index in [9.17, 15) is 4.79 Å². The molecule has 4 heteroatoms. The smallest absolute Gasteiger partial charge is 0.194 e. The zero-order valence-electron chi connectivity index (χ0n) is 17.9. The number of carbonyl (C=O) groups excluding carboxylic acids is 1. The molecular weight excluding hydrogens is 446 g/mol. The standard InChI is InChI=1S/C25H33ClNO.BrH/c1-4-24(25(28)17-23-19(2)9-8-10-20(23)3)27(15-6-5-7-16-27)18-21-11-13-22(26)14-12-21;/h8-14,24H,4-7,15-18H2,1-3H3;1H/q+1;/p-1. The first-order chi connectivity index (χ1) is 13.4. The first kappa shape index (κ1) is 24.1. The van der Waals surface area contributed by atoms with E-state index >= 15 is 0 Å². The number of piperidine rings is 1. The Labute approximate surface area is 191 Å². The van der Waals surface area contributed by atoms with E-state index in [2.05, 4.69) is 51.1 Å². The van der Waals surface area contributed by atoms with E-state index in [0.717, 1.165) is 35.6 Å². The van der Waals surface area contributed by atoms with Gasteiger partial charge in [-0.3, -0.25) is 4.79 Å². The van der Waals surface area contributed by atoms with Gasteiger partial charge in [0.25, 0.3) is 0 Å². The van der Waals surface area contributed by atoms with E-state index in [1.165, 1.54) is 41.5 Å². The molecule has 1 saturated heterocycles. The number of quaternary nitrogens is 1. The highest BCUT2D eigenvalue weighted by atomic mass is 79.9. The zero-order chi connectivity index (χ0) is 20.1. The Morgan fingerprint density at radius 1 is 1.00 bits per heavy atom. The first-order valence-corrected chi connectivity index (χ1v) is 11.0. The summed E-state index contributed by atoms with van der Waals surface area (Å²) in [7, 11) is 0. The van der Waals surface area contributed by atoms with Crippen LogP contribution in [0.4, 0.5) is 0 Å². The summed E-state index contributed by atoms with van der Waals surface area (Å²) in [5.74, 6) is 0.399. The lowest BCUT2D eigenvalue weighted by molar-refractivity contribution is -0.959. The van der Waals surface area contributed by atoms with E-state index in [4.69, 9.17) is 11.6 Å². The third kappa shape index (κ3) is 5.71. The lowest BCUT2D eigenvalue weighted by atomic mass is 9.91. The summed E-state index contributed by atoms with van der Waals surface area (Å²) >= 11 is 6.09. The number of ketones is 1. The van der Waals surface area contributed by atoms with Gasteiger partial charge in [0.1, 0.15) is 12.6 Å². The number of likely N-dealkylation sites (tertiary alicyclic amines) is 1. The lowest BCUT2D eigenvalue weighted by Crippen LogP contribution is -3.00. The highest BCUT2D eigenvalue weighted by molar-refractivity contribution is 6.30. The Morgan fingerprint density at radius 3 is 2.14 bits per heavy atom. The maximum atomic E-state index is 13.6. The molecule has 1 heterocycles. The highest BCUT2D eigenvalue weighted by Crippen LogP contribution is 2.30. The summed E-state index contributed by atoms with van der Waals surface area (Å²) in [5, 5.41) is 0.770. The fourth-order valence-electron chi connectivity index (χ4n) is 5.02. The Balaban J connectivity index is 0.00000300. The normalized spacial score (nSPS) is 16.7. The van der Waals surface area contributed by atoms with Crippen molar-refractivity contribution in [3.63, 3.8) is 0 Å². The summed E-state index contributed by atoms with van der Waals surface area (Å²) in [6, 6.07) is 14.6. The lowest BCUT2D eigenvalue weighted by Gasteiger charge is -2.46. The minimum Gasteiger partial charge on any atom is -1.00 e. The van der Waals surface area contributed by atoms with Crippen LogP contribution in [0.3, 0.4) is 0 Å². The van der Waals surface area contributed by atoms with Gasteiger partial charge < -0.3 is 21.5 Å².